The molecule has 1 aliphatic rings. The van der Waals surface area contributed by atoms with Crippen LogP contribution in [0.2, 0.25) is 0 Å². The van der Waals surface area contributed by atoms with Crippen molar-refractivity contribution < 1.29 is 9.90 Å². The number of aromatic hydroxyl groups is 1. The van der Waals surface area contributed by atoms with Crippen LogP contribution in [0.5, 0.6) is 5.75 Å². The number of benzene rings is 4. The summed E-state index contributed by atoms with van der Waals surface area (Å²) in [5.41, 5.74) is 7.50. The summed E-state index contributed by atoms with van der Waals surface area (Å²) < 4.78 is 0. The summed E-state index contributed by atoms with van der Waals surface area (Å²) in [4.78, 5) is 26.0. The first-order valence-electron chi connectivity index (χ1n) is 11.7. The molecule has 0 radical (unpaired) electrons. The van der Waals surface area contributed by atoms with E-state index in [1.54, 1.807) is 30.6 Å². The SMILES string of the molecule is Cl.O=C(NC1c2ccccc2-c2c(-c3nc4ccncc4[nH]3)cccc21)c1cccc2cc(O)ccc12. The molecule has 0 fully saturated rings. The molecule has 37 heavy (non-hydrogen) atoms. The van der Waals surface area contributed by atoms with E-state index in [0.29, 0.717) is 5.56 Å². The van der Waals surface area contributed by atoms with Crippen molar-refractivity contribution in [2.45, 2.75) is 6.04 Å². The first-order chi connectivity index (χ1) is 17.7. The number of hydrogen-bond donors (Lipinski definition) is 3. The minimum absolute atomic E-state index is 0. The van der Waals surface area contributed by atoms with Crippen LogP contribution in [0.4, 0.5) is 0 Å². The van der Waals surface area contributed by atoms with Gasteiger partial charge in [0.2, 0.25) is 0 Å². The summed E-state index contributed by atoms with van der Waals surface area (Å²) in [6, 6.07) is 26.5. The zero-order chi connectivity index (χ0) is 24.2. The Labute approximate surface area is 218 Å². The van der Waals surface area contributed by atoms with Crippen LogP contribution in [0.1, 0.15) is 27.5 Å². The normalized spacial score (nSPS) is 13.7. The number of aromatic amines is 1. The van der Waals surface area contributed by atoms with Gasteiger partial charge >= 0.3 is 0 Å². The van der Waals surface area contributed by atoms with E-state index in [1.165, 1.54) is 0 Å². The van der Waals surface area contributed by atoms with Crippen LogP contribution in [0.3, 0.4) is 0 Å². The second-order valence-electron chi connectivity index (χ2n) is 8.95. The van der Waals surface area contributed by atoms with Crippen LogP contribution in [0, 0.1) is 0 Å². The van der Waals surface area contributed by atoms with Gasteiger partial charge in [-0.05, 0) is 63.4 Å². The Hall–Kier alpha value is -4.68. The molecule has 1 aliphatic carbocycles. The van der Waals surface area contributed by atoms with Gasteiger partial charge in [-0.2, -0.15) is 0 Å². The van der Waals surface area contributed by atoms with Crippen molar-refractivity contribution in [2.24, 2.45) is 0 Å². The Kier molecular flexibility index (Phi) is 5.39. The van der Waals surface area contributed by atoms with E-state index >= 15 is 0 Å². The topological polar surface area (TPSA) is 90.9 Å². The highest BCUT2D eigenvalue weighted by molar-refractivity contribution is 6.08. The monoisotopic (exact) mass is 504 g/mol. The van der Waals surface area contributed by atoms with E-state index in [2.05, 4.69) is 39.6 Å². The molecule has 1 atom stereocenters. The zero-order valence-corrected chi connectivity index (χ0v) is 20.3. The Morgan fingerprint density at radius 1 is 0.892 bits per heavy atom. The van der Waals surface area contributed by atoms with Gasteiger partial charge in [0.1, 0.15) is 11.6 Å². The fourth-order valence-electron chi connectivity index (χ4n) is 5.27. The van der Waals surface area contributed by atoms with Crippen LogP contribution in [-0.2, 0) is 0 Å². The third-order valence-electron chi connectivity index (χ3n) is 6.87. The van der Waals surface area contributed by atoms with Gasteiger partial charge in [0.15, 0.2) is 0 Å². The Bertz CT molecular complexity index is 1800. The fourth-order valence-corrected chi connectivity index (χ4v) is 5.27. The van der Waals surface area contributed by atoms with E-state index in [1.807, 2.05) is 42.5 Å². The molecule has 1 amide bonds. The molecule has 0 spiro atoms. The zero-order valence-electron chi connectivity index (χ0n) is 19.5. The fraction of sp³-hybridized carbons (Fsp3) is 0.0333. The van der Waals surface area contributed by atoms with E-state index in [9.17, 15) is 9.90 Å². The van der Waals surface area contributed by atoms with Crippen molar-refractivity contribution in [3.63, 3.8) is 0 Å². The lowest BCUT2D eigenvalue weighted by atomic mass is 9.98. The molecule has 6 nitrogen and oxygen atoms in total. The molecule has 0 saturated carbocycles. The molecule has 4 aromatic carbocycles. The van der Waals surface area contributed by atoms with Crippen molar-refractivity contribution >= 4 is 40.1 Å². The molecule has 1 unspecified atom stereocenters. The van der Waals surface area contributed by atoms with E-state index in [0.717, 1.165) is 55.4 Å². The van der Waals surface area contributed by atoms with Gasteiger partial charge in [0, 0.05) is 17.3 Å². The highest BCUT2D eigenvalue weighted by Gasteiger charge is 2.32. The second kappa shape index (κ2) is 8.76. The molecule has 2 heterocycles. The number of amides is 1. The molecule has 7 heteroatoms. The van der Waals surface area contributed by atoms with Gasteiger partial charge in [-0.3, -0.25) is 9.78 Å². The highest BCUT2D eigenvalue weighted by atomic mass is 35.5. The quantitative estimate of drug-likeness (QED) is 0.260. The number of fused-ring (bicyclic) bond motifs is 5. The summed E-state index contributed by atoms with van der Waals surface area (Å²) in [6.07, 6.45) is 3.51. The molecule has 6 aromatic rings. The number of phenols is 1. The number of aromatic nitrogens is 3. The first-order valence-corrected chi connectivity index (χ1v) is 11.7. The molecule has 0 saturated heterocycles. The van der Waals surface area contributed by atoms with Gasteiger partial charge in [0.25, 0.3) is 5.91 Å². The molecule has 0 bridgehead atoms. The number of nitrogens with one attached hydrogen (secondary N) is 2. The number of H-pyrrole nitrogens is 1. The lowest BCUT2D eigenvalue weighted by Crippen LogP contribution is -2.28. The summed E-state index contributed by atoms with van der Waals surface area (Å²) in [5, 5.41) is 14.8. The molecule has 2 aromatic heterocycles. The summed E-state index contributed by atoms with van der Waals surface area (Å²) in [7, 11) is 0. The average Bonchev–Trinajstić information content (AvgIpc) is 3.48. The average molecular weight is 505 g/mol. The maximum Gasteiger partial charge on any atom is 0.252 e. The van der Waals surface area contributed by atoms with Crippen molar-refractivity contribution in [2.75, 3.05) is 0 Å². The molecular formula is C30H21ClN4O2. The number of carbonyl (C=O) groups excluding carboxylic acids is 1. The maximum atomic E-state index is 13.6. The van der Waals surface area contributed by atoms with Crippen molar-refractivity contribution in [3.8, 4) is 28.3 Å². The number of hydrogen-bond acceptors (Lipinski definition) is 4. The lowest BCUT2D eigenvalue weighted by molar-refractivity contribution is 0.0945. The van der Waals surface area contributed by atoms with Gasteiger partial charge in [-0.25, -0.2) is 4.98 Å². The standard InChI is InChI=1S/C30H20N4O2.ClH/c35-18-11-12-19-17(15-18)5-3-8-22(19)30(36)34-28-21-7-2-1-6-20(21)27-23(28)9-4-10-24(27)29-32-25-13-14-31-16-26(25)33-29;/h1-16,28,35H,(H,32,33)(H,34,36);1H. The number of halogens is 1. The van der Waals surface area contributed by atoms with Crippen LogP contribution in [-0.4, -0.2) is 26.0 Å². The Morgan fingerprint density at radius 3 is 2.59 bits per heavy atom. The molecule has 3 N–H and O–H groups in total. The predicted octanol–water partition coefficient (Wildman–Crippen LogP) is 6.41. The number of phenolic OH excluding ortho intramolecular Hbond substituents is 1. The third kappa shape index (κ3) is 3.61. The van der Waals surface area contributed by atoms with Crippen molar-refractivity contribution in [1.82, 2.24) is 20.3 Å². The smallest absolute Gasteiger partial charge is 0.252 e. The lowest BCUT2D eigenvalue weighted by Gasteiger charge is -2.17. The molecule has 180 valence electrons. The maximum absolute atomic E-state index is 13.6. The third-order valence-corrected chi connectivity index (χ3v) is 6.87. The minimum atomic E-state index is -0.304. The van der Waals surface area contributed by atoms with Crippen LogP contribution in [0.25, 0.3) is 44.3 Å². The molecule has 0 aliphatic heterocycles. The molecule has 7 rings (SSSR count). The second-order valence-corrected chi connectivity index (χ2v) is 8.95. The first kappa shape index (κ1) is 22.8. The van der Waals surface area contributed by atoms with Crippen molar-refractivity contribution in [1.29, 1.82) is 0 Å². The summed E-state index contributed by atoms with van der Waals surface area (Å²) in [5.74, 6) is 0.775. The predicted molar refractivity (Wildman–Crippen MR) is 147 cm³/mol. The highest BCUT2D eigenvalue weighted by Crippen LogP contribution is 2.47. The summed E-state index contributed by atoms with van der Waals surface area (Å²) in [6.45, 7) is 0. The number of nitrogens with zero attached hydrogens (tertiary/aromatic N) is 2. The van der Waals surface area contributed by atoms with E-state index in [4.69, 9.17) is 4.98 Å². The van der Waals surface area contributed by atoms with Gasteiger partial charge in [0.05, 0.1) is 23.3 Å². The number of carbonyl (C=O) groups is 1. The number of rotatable bonds is 3. The van der Waals surface area contributed by atoms with Crippen LogP contribution < -0.4 is 5.32 Å². The van der Waals surface area contributed by atoms with E-state index < -0.39 is 0 Å². The Morgan fingerprint density at radius 2 is 1.70 bits per heavy atom. The van der Waals surface area contributed by atoms with Crippen LogP contribution in [0.15, 0.2) is 97.3 Å². The van der Waals surface area contributed by atoms with Gasteiger partial charge in [-0.15, -0.1) is 12.4 Å². The van der Waals surface area contributed by atoms with E-state index in [-0.39, 0.29) is 30.1 Å². The summed E-state index contributed by atoms with van der Waals surface area (Å²) >= 11 is 0. The van der Waals surface area contributed by atoms with Gasteiger partial charge < -0.3 is 15.4 Å². The Balaban J connectivity index is 0.00000252. The number of imidazole rings is 1. The largest absolute Gasteiger partial charge is 0.508 e. The number of pyridine rings is 1. The van der Waals surface area contributed by atoms with Crippen molar-refractivity contribution in [3.05, 3.63) is 114 Å². The molecular weight excluding hydrogens is 484 g/mol. The minimum Gasteiger partial charge on any atom is -0.508 e. The van der Waals surface area contributed by atoms with Gasteiger partial charge in [-0.1, -0.05) is 54.6 Å². The van der Waals surface area contributed by atoms with Crippen LogP contribution >= 0.6 is 12.4 Å².